The number of ether oxygens (including phenoxy) is 3. The van der Waals surface area contributed by atoms with Gasteiger partial charge in [-0.25, -0.2) is 14.8 Å². The zero-order valence-corrected chi connectivity index (χ0v) is 21.0. The average Bonchev–Trinajstić information content (AvgIpc) is 3.44. The highest BCUT2D eigenvalue weighted by Crippen LogP contribution is 2.29. The molecule has 1 saturated carbocycles. The summed E-state index contributed by atoms with van der Waals surface area (Å²) in [6.07, 6.45) is 9.56. The lowest BCUT2D eigenvalue weighted by atomic mass is 10.1. The van der Waals surface area contributed by atoms with Crippen LogP contribution >= 0.6 is 0 Å². The number of carbonyl (C=O) groups excluding carboxylic acids is 1. The van der Waals surface area contributed by atoms with Gasteiger partial charge in [-0.2, -0.15) is 10.4 Å². The van der Waals surface area contributed by atoms with Crippen LogP contribution in [0.1, 0.15) is 58.9 Å². The molecule has 1 aliphatic carbocycles. The minimum absolute atomic E-state index is 0.349. The van der Waals surface area contributed by atoms with E-state index in [-0.39, 0.29) is 0 Å². The molecule has 0 aliphatic heterocycles. The molecule has 3 rings (SSSR count). The maximum atomic E-state index is 12.4. The summed E-state index contributed by atoms with van der Waals surface area (Å²) in [6, 6.07) is 1.75. The Bertz CT molecular complexity index is 953. The quantitative estimate of drug-likeness (QED) is 0.554. The number of hydrogen-bond donors (Lipinski definition) is 1. The highest BCUT2D eigenvalue weighted by atomic mass is 16.7. The van der Waals surface area contributed by atoms with Crippen molar-refractivity contribution in [2.75, 3.05) is 19.5 Å². The van der Waals surface area contributed by atoms with E-state index >= 15 is 0 Å². The lowest BCUT2D eigenvalue weighted by molar-refractivity contribution is -0.100. The molecule has 186 valence electrons. The summed E-state index contributed by atoms with van der Waals surface area (Å²) < 4.78 is 18.1. The molecule has 0 saturated heterocycles. The van der Waals surface area contributed by atoms with Crippen molar-refractivity contribution in [3.63, 3.8) is 0 Å². The second-order valence-electron chi connectivity index (χ2n) is 9.11. The van der Waals surface area contributed by atoms with E-state index in [2.05, 4.69) is 20.4 Å². The molecule has 0 aromatic carbocycles. The number of amides is 1. The summed E-state index contributed by atoms with van der Waals surface area (Å²) in [6.45, 7) is 7.76. The summed E-state index contributed by atoms with van der Waals surface area (Å²) in [7, 11) is 3.14. The van der Waals surface area contributed by atoms with Crippen molar-refractivity contribution in [1.29, 1.82) is 5.26 Å². The molecule has 1 fully saturated rings. The summed E-state index contributed by atoms with van der Waals surface area (Å²) in [5, 5.41) is 14.6. The standard InChI is InChI=1S/C22H33N5O4.C2H3N/c1-22(2,3)31-21(28)26-20-17(10-18(29-4)30-5)19(23-14-24-20)16-11-25-27(13-16)12-15-8-6-7-9-15;1-2-3/h11,13-15,18H,6-10,12H2,1-5H3,(H,23,24,26,28);1H3. The minimum Gasteiger partial charge on any atom is -0.444 e. The summed E-state index contributed by atoms with van der Waals surface area (Å²) in [5.41, 5.74) is 1.61. The first-order chi connectivity index (χ1) is 16.2. The first kappa shape index (κ1) is 27.2. The fraction of sp³-hybridized carbons (Fsp3) is 0.625. The van der Waals surface area contributed by atoms with E-state index in [1.54, 1.807) is 26.5 Å². The molecule has 34 heavy (non-hydrogen) atoms. The van der Waals surface area contributed by atoms with E-state index < -0.39 is 18.0 Å². The summed E-state index contributed by atoms with van der Waals surface area (Å²) >= 11 is 0. The van der Waals surface area contributed by atoms with Crippen molar-refractivity contribution in [2.45, 2.75) is 78.2 Å². The van der Waals surface area contributed by atoms with Gasteiger partial charge in [-0.15, -0.1) is 0 Å². The van der Waals surface area contributed by atoms with Gasteiger partial charge in [0, 0.05) is 51.4 Å². The zero-order chi connectivity index (χ0) is 25.1. The Balaban J connectivity index is 0.00000129. The van der Waals surface area contributed by atoms with Gasteiger partial charge >= 0.3 is 6.09 Å². The van der Waals surface area contributed by atoms with E-state index in [4.69, 9.17) is 19.5 Å². The van der Waals surface area contributed by atoms with Gasteiger partial charge in [-0.05, 0) is 39.5 Å². The van der Waals surface area contributed by atoms with Crippen LogP contribution in [0, 0.1) is 17.2 Å². The van der Waals surface area contributed by atoms with Crippen LogP contribution < -0.4 is 5.32 Å². The highest BCUT2D eigenvalue weighted by Gasteiger charge is 2.23. The topological polar surface area (TPSA) is 124 Å². The largest absolute Gasteiger partial charge is 0.444 e. The number of carbonyl (C=O) groups is 1. The molecule has 1 amide bonds. The number of methoxy groups -OCH3 is 2. The van der Waals surface area contributed by atoms with Crippen LogP contribution in [-0.4, -0.2) is 52.0 Å². The van der Waals surface area contributed by atoms with Crippen LogP contribution in [0.4, 0.5) is 10.6 Å². The van der Waals surface area contributed by atoms with Crippen molar-refractivity contribution in [3.8, 4) is 17.3 Å². The second kappa shape index (κ2) is 13.0. The Kier molecular flexibility index (Phi) is 10.4. The van der Waals surface area contributed by atoms with Gasteiger partial charge in [0.1, 0.15) is 17.7 Å². The van der Waals surface area contributed by atoms with Gasteiger partial charge in [0.25, 0.3) is 0 Å². The maximum absolute atomic E-state index is 12.4. The van der Waals surface area contributed by atoms with Crippen LogP contribution in [0.5, 0.6) is 0 Å². The van der Waals surface area contributed by atoms with E-state index in [1.165, 1.54) is 38.9 Å². The molecule has 10 heteroatoms. The van der Waals surface area contributed by atoms with Gasteiger partial charge in [0.05, 0.1) is 18.0 Å². The van der Waals surface area contributed by atoms with Crippen molar-refractivity contribution in [1.82, 2.24) is 19.7 Å². The number of nitriles is 1. The summed E-state index contributed by atoms with van der Waals surface area (Å²) in [5.74, 6) is 1.04. The van der Waals surface area contributed by atoms with Crippen molar-refractivity contribution in [2.24, 2.45) is 5.92 Å². The zero-order valence-electron chi connectivity index (χ0n) is 21.0. The second-order valence-corrected chi connectivity index (χ2v) is 9.11. The SMILES string of the molecule is CC#N.COC(Cc1c(NC(=O)OC(C)(C)C)ncnc1-c1cnn(CC2CCCC2)c1)OC. The van der Waals surface area contributed by atoms with Crippen molar-refractivity contribution in [3.05, 3.63) is 24.3 Å². The molecule has 1 N–H and O–H groups in total. The van der Waals surface area contributed by atoms with Gasteiger partial charge < -0.3 is 14.2 Å². The normalized spacial score (nSPS) is 13.8. The fourth-order valence-electron chi connectivity index (χ4n) is 3.84. The van der Waals surface area contributed by atoms with Gasteiger partial charge in [-0.1, -0.05) is 12.8 Å². The highest BCUT2D eigenvalue weighted by molar-refractivity contribution is 5.86. The van der Waals surface area contributed by atoms with E-state index in [9.17, 15) is 4.79 Å². The monoisotopic (exact) mass is 472 g/mol. The lowest BCUT2D eigenvalue weighted by Gasteiger charge is -2.21. The molecule has 0 unspecified atom stereocenters. The number of hydrogen-bond acceptors (Lipinski definition) is 8. The smallest absolute Gasteiger partial charge is 0.413 e. The summed E-state index contributed by atoms with van der Waals surface area (Å²) in [4.78, 5) is 21.2. The molecule has 1 aliphatic rings. The average molecular weight is 473 g/mol. The lowest BCUT2D eigenvalue weighted by Crippen LogP contribution is -2.28. The van der Waals surface area contributed by atoms with Crippen LogP contribution in [0.25, 0.3) is 11.3 Å². The Morgan fingerprint density at radius 2 is 1.91 bits per heavy atom. The molecule has 0 bridgehead atoms. The molecule has 10 nitrogen and oxygen atoms in total. The van der Waals surface area contributed by atoms with E-state index in [1.807, 2.05) is 31.6 Å². The Morgan fingerprint density at radius 1 is 1.26 bits per heavy atom. The minimum atomic E-state index is -0.622. The maximum Gasteiger partial charge on any atom is 0.413 e. The van der Waals surface area contributed by atoms with Crippen LogP contribution in [-0.2, 0) is 27.2 Å². The van der Waals surface area contributed by atoms with Crippen molar-refractivity contribution >= 4 is 11.9 Å². The molecular formula is C24H36N6O4. The number of anilines is 1. The Morgan fingerprint density at radius 3 is 2.50 bits per heavy atom. The third-order valence-electron chi connectivity index (χ3n) is 5.29. The van der Waals surface area contributed by atoms with E-state index in [0.29, 0.717) is 29.4 Å². The molecule has 2 heterocycles. The Labute approximate surface area is 201 Å². The molecule has 0 spiro atoms. The molecule has 2 aromatic heterocycles. The number of rotatable bonds is 8. The third kappa shape index (κ3) is 8.39. The number of aromatic nitrogens is 4. The fourth-order valence-corrected chi connectivity index (χ4v) is 3.84. The van der Waals surface area contributed by atoms with Crippen LogP contribution in [0.3, 0.4) is 0 Å². The van der Waals surface area contributed by atoms with E-state index in [0.717, 1.165) is 12.1 Å². The first-order valence-electron chi connectivity index (χ1n) is 11.4. The van der Waals surface area contributed by atoms with Gasteiger partial charge in [0.15, 0.2) is 6.29 Å². The van der Waals surface area contributed by atoms with Crippen LogP contribution in [0.15, 0.2) is 18.7 Å². The van der Waals surface area contributed by atoms with Gasteiger partial charge in [-0.3, -0.25) is 10.00 Å². The van der Waals surface area contributed by atoms with Crippen molar-refractivity contribution < 1.29 is 19.0 Å². The number of nitrogens with zero attached hydrogens (tertiary/aromatic N) is 5. The number of nitrogens with one attached hydrogen (secondary N) is 1. The third-order valence-corrected chi connectivity index (χ3v) is 5.29. The van der Waals surface area contributed by atoms with Crippen LogP contribution in [0.2, 0.25) is 0 Å². The molecule has 0 atom stereocenters. The predicted octanol–water partition coefficient (Wildman–Crippen LogP) is 4.57. The molecular weight excluding hydrogens is 436 g/mol. The first-order valence-corrected chi connectivity index (χ1v) is 11.4. The molecule has 0 radical (unpaired) electrons. The van der Waals surface area contributed by atoms with Gasteiger partial charge in [0.2, 0.25) is 0 Å². The molecule has 2 aromatic rings. The predicted molar refractivity (Wildman–Crippen MR) is 128 cm³/mol. The Hall–Kier alpha value is -3.03.